The molecule has 4 rings (SSSR count). The van der Waals surface area contributed by atoms with Crippen molar-refractivity contribution in [2.45, 2.75) is 0 Å². The van der Waals surface area contributed by atoms with E-state index >= 15 is 0 Å². The molecule has 0 bridgehead atoms. The van der Waals surface area contributed by atoms with Gasteiger partial charge >= 0.3 is 23.9 Å². The number of carbonyl (C=O) groups is 4. The highest BCUT2D eigenvalue weighted by molar-refractivity contribution is 6.18. The molecule has 0 aliphatic heterocycles. The summed E-state index contributed by atoms with van der Waals surface area (Å²) in [6, 6.07) is 13.9. The highest BCUT2D eigenvalue weighted by atomic mass is 16.4. The van der Waals surface area contributed by atoms with Gasteiger partial charge < -0.3 is 20.4 Å². The molecule has 0 amide bonds. The Kier molecular flexibility index (Phi) is 4.82. The van der Waals surface area contributed by atoms with Crippen LogP contribution in [0.3, 0.4) is 0 Å². The summed E-state index contributed by atoms with van der Waals surface area (Å²) in [5, 5.41) is 39.7. The van der Waals surface area contributed by atoms with Gasteiger partial charge in [0.2, 0.25) is 0 Å². The van der Waals surface area contributed by atoms with Crippen molar-refractivity contribution in [1.82, 2.24) is 0 Å². The van der Waals surface area contributed by atoms with Gasteiger partial charge in [0.05, 0.1) is 22.3 Å². The molecule has 0 atom stereocenters. The molecule has 4 N–H and O–H groups in total. The molecule has 0 aromatic heterocycles. The molecule has 158 valence electrons. The van der Waals surface area contributed by atoms with E-state index in [0.717, 1.165) is 0 Å². The zero-order valence-electron chi connectivity index (χ0n) is 16.2. The molecular weight excluding hydrogens is 416 g/mol. The quantitative estimate of drug-likeness (QED) is 0.363. The Morgan fingerprint density at radius 3 is 1.78 bits per heavy atom. The summed E-state index contributed by atoms with van der Waals surface area (Å²) in [6.45, 7) is 0. The molecule has 0 radical (unpaired) electrons. The van der Waals surface area contributed by atoms with Gasteiger partial charge in [-0.1, -0.05) is 30.3 Å². The van der Waals surface area contributed by atoms with E-state index in [1.54, 1.807) is 12.1 Å². The van der Waals surface area contributed by atoms with Crippen LogP contribution in [0.5, 0.6) is 0 Å². The van der Waals surface area contributed by atoms with E-state index in [1.807, 2.05) is 0 Å². The summed E-state index contributed by atoms with van der Waals surface area (Å²) in [7, 11) is 0. The zero-order valence-corrected chi connectivity index (χ0v) is 16.2. The minimum atomic E-state index is -1.34. The van der Waals surface area contributed by atoms with Crippen molar-refractivity contribution in [3.63, 3.8) is 0 Å². The summed E-state index contributed by atoms with van der Waals surface area (Å²) in [5.41, 5.74) is -0.535. The summed E-state index contributed by atoms with van der Waals surface area (Å²) in [4.78, 5) is 47.4. The molecular formula is C24H14O8. The lowest BCUT2D eigenvalue weighted by Crippen LogP contribution is -2.07. The van der Waals surface area contributed by atoms with Crippen LogP contribution in [0.2, 0.25) is 0 Å². The van der Waals surface area contributed by atoms with Crippen molar-refractivity contribution in [1.29, 1.82) is 0 Å². The molecule has 0 unspecified atom stereocenters. The van der Waals surface area contributed by atoms with Gasteiger partial charge in [0, 0.05) is 0 Å². The monoisotopic (exact) mass is 430 g/mol. The van der Waals surface area contributed by atoms with Crippen LogP contribution in [-0.2, 0) is 0 Å². The average Bonchev–Trinajstić information content (AvgIpc) is 2.76. The Labute approximate surface area is 179 Å². The molecule has 0 aliphatic carbocycles. The Bertz CT molecular complexity index is 1480. The predicted octanol–water partition coefficient (Wildman–Crippen LogP) is 4.45. The fourth-order valence-electron chi connectivity index (χ4n) is 3.83. The molecule has 0 aliphatic rings. The maximum absolute atomic E-state index is 12.3. The van der Waals surface area contributed by atoms with Gasteiger partial charge in [-0.3, -0.25) is 0 Å². The van der Waals surface area contributed by atoms with Gasteiger partial charge in [0.25, 0.3) is 0 Å². The lowest BCUT2D eigenvalue weighted by molar-refractivity contribution is 0.0684. The molecule has 0 saturated heterocycles. The first-order chi connectivity index (χ1) is 15.2. The standard InChI is InChI=1S/C24H14O8/c25-21(26)12-6-5-11-7-13(22(27)28)9-17(16(11)8-12)18-10-19(23(29)30)14-3-1-2-4-15(14)20(18)24(31)32/h1-10H,(H,25,26)(H,27,28)(H,29,30)(H,31,32). The Morgan fingerprint density at radius 2 is 1.19 bits per heavy atom. The van der Waals surface area contributed by atoms with Crippen molar-refractivity contribution in [2.75, 3.05) is 0 Å². The number of carboxylic acid groups (broad SMARTS) is 4. The highest BCUT2D eigenvalue weighted by Crippen LogP contribution is 2.38. The van der Waals surface area contributed by atoms with Crippen LogP contribution in [0.4, 0.5) is 0 Å². The summed E-state index contributed by atoms with van der Waals surface area (Å²) >= 11 is 0. The summed E-state index contributed by atoms with van der Waals surface area (Å²) in [5.74, 6) is -5.12. The van der Waals surface area contributed by atoms with Crippen LogP contribution in [0.15, 0.2) is 60.7 Å². The first kappa shape index (κ1) is 20.5. The normalized spacial score (nSPS) is 10.9. The number of aromatic carboxylic acids is 4. The number of hydrogen-bond donors (Lipinski definition) is 4. The first-order valence-electron chi connectivity index (χ1n) is 9.26. The lowest BCUT2D eigenvalue weighted by Gasteiger charge is -2.16. The Hall–Kier alpha value is -4.72. The third kappa shape index (κ3) is 3.29. The van der Waals surface area contributed by atoms with Gasteiger partial charge in [-0.2, -0.15) is 0 Å². The third-order valence-electron chi connectivity index (χ3n) is 5.23. The van der Waals surface area contributed by atoms with Crippen molar-refractivity contribution < 1.29 is 39.6 Å². The van der Waals surface area contributed by atoms with Gasteiger partial charge in [-0.05, 0) is 63.0 Å². The van der Waals surface area contributed by atoms with E-state index in [1.165, 1.54) is 48.5 Å². The van der Waals surface area contributed by atoms with Crippen molar-refractivity contribution in [3.05, 3.63) is 82.9 Å². The van der Waals surface area contributed by atoms with Gasteiger partial charge in [-0.25, -0.2) is 19.2 Å². The fraction of sp³-hybridized carbons (Fsp3) is 0. The fourth-order valence-corrected chi connectivity index (χ4v) is 3.83. The van der Waals surface area contributed by atoms with E-state index in [-0.39, 0.29) is 49.5 Å². The Morgan fingerprint density at radius 1 is 0.531 bits per heavy atom. The molecule has 0 heterocycles. The molecule has 8 heteroatoms. The van der Waals surface area contributed by atoms with Gasteiger partial charge in [0.1, 0.15) is 0 Å². The summed E-state index contributed by atoms with van der Waals surface area (Å²) in [6.07, 6.45) is 0. The second-order valence-electron chi connectivity index (χ2n) is 7.07. The van der Waals surface area contributed by atoms with Gasteiger partial charge in [-0.15, -0.1) is 0 Å². The van der Waals surface area contributed by atoms with Crippen molar-refractivity contribution in [2.24, 2.45) is 0 Å². The van der Waals surface area contributed by atoms with Crippen molar-refractivity contribution >= 4 is 45.4 Å². The Balaban J connectivity index is 2.24. The van der Waals surface area contributed by atoms with Crippen LogP contribution in [0.1, 0.15) is 41.4 Å². The molecule has 8 nitrogen and oxygen atoms in total. The topological polar surface area (TPSA) is 149 Å². The van der Waals surface area contributed by atoms with Crippen LogP contribution in [-0.4, -0.2) is 44.3 Å². The first-order valence-corrected chi connectivity index (χ1v) is 9.26. The third-order valence-corrected chi connectivity index (χ3v) is 5.23. The highest BCUT2D eigenvalue weighted by Gasteiger charge is 2.23. The van der Waals surface area contributed by atoms with Crippen LogP contribution >= 0.6 is 0 Å². The summed E-state index contributed by atoms with van der Waals surface area (Å²) < 4.78 is 0. The second-order valence-corrected chi connectivity index (χ2v) is 7.07. The van der Waals surface area contributed by atoms with E-state index in [0.29, 0.717) is 5.39 Å². The van der Waals surface area contributed by atoms with Crippen LogP contribution < -0.4 is 0 Å². The number of benzene rings is 4. The number of fused-ring (bicyclic) bond motifs is 2. The molecule has 0 fully saturated rings. The molecule has 4 aromatic rings. The minimum absolute atomic E-state index is 0.0239. The number of rotatable bonds is 5. The minimum Gasteiger partial charge on any atom is -0.478 e. The number of hydrogen-bond acceptors (Lipinski definition) is 4. The lowest BCUT2D eigenvalue weighted by atomic mass is 9.87. The SMILES string of the molecule is O=C(O)c1cc(-c2cc(C(=O)O)c3ccccc3c2C(=O)O)c2cc(C(=O)O)ccc2c1. The number of carboxylic acids is 4. The van der Waals surface area contributed by atoms with Crippen LogP contribution in [0, 0.1) is 0 Å². The molecule has 32 heavy (non-hydrogen) atoms. The smallest absolute Gasteiger partial charge is 0.336 e. The van der Waals surface area contributed by atoms with E-state index in [4.69, 9.17) is 0 Å². The van der Waals surface area contributed by atoms with Crippen molar-refractivity contribution in [3.8, 4) is 11.1 Å². The second kappa shape index (κ2) is 7.51. The van der Waals surface area contributed by atoms with Crippen LogP contribution in [0.25, 0.3) is 32.7 Å². The largest absolute Gasteiger partial charge is 0.478 e. The molecule has 0 saturated carbocycles. The van der Waals surface area contributed by atoms with E-state index in [2.05, 4.69) is 0 Å². The molecule has 4 aromatic carbocycles. The van der Waals surface area contributed by atoms with Gasteiger partial charge in [0.15, 0.2) is 0 Å². The maximum Gasteiger partial charge on any atom is 0.336 e. The van der Waals surface area contributed by atoms with E-state index in [9.17, 15) is 39.6 Å². The zero-order chi connectivity index (χ0) is 23.2. The maximum atomic E-state index is 12.3. The average molecular weight is 430 g/mol. The molecule has 0 spiro atoms. The van der Waals surface area contributed by atoms with E-state index < -0.39 is 23.9 Å². The predicted molar refractivity (Wildman–Crippen MR) is 115 cm³/mol.